The quantitative estimate of drug-likeness (QED) is 0.429. The molecule has 144 valence electrons. The van der Waals surface area contributed by atoms with Crippen LogP contribution >= 0.6 is 0 Å². The maximum absolute atomic E-state index is 12.7. The summed E-state index contributed by atoms with van der Waals surface area (Å²) < 4.78 is 15.8. The van der Waals surface area contributed by atoms with Crippen LogP contribution in [0.4, 0.5) is 0 Å². The van der Waals surface area contributed by atoms with Crippen molar-refractivity contribution in [3.63, 3.8) is 0 Å². The van der Waals surface area contributed by atoms with Gasteiger partial charge in [0, 0.05) is 11.3 Å². The number of benzene rings is 1. The Kier molecular flexibility index (Phi) is 6.82. The first-order chi connectivity index (χ1) is 12.9. The molecule has 6 nitrogen and oxygen atoms in total. The third kappa shape index (κ3) is 4.58. The molecular formula is C21H25NO5. The second-order valence-corrected chi connectivity index (χ2v) is 5.89. The summed E-state index contributed by atoms with van der Waals surface area (Å²) in [6.07, 6.45) is 3.18. The molecule has 2 rings (SSSR count). The minimum Gasteiger partial charge on any atom is -0.493 e. The number of ether oxygens (including phenoxy) is 3. The number of hydrogen-bond donors (Lipinski definition) is 1. The van der Waals surface area contributed by atoms with Gasteiger partial charge in [-0.15, -0.1) is 0 Å². The van der Waals surface area contributed by atoms with E-state index in [4.69, 9.17) is 14.2 Å². The van der Waals surface area contributed by atoms with Gasteiger partial charge in [0.15, 0.2) is 17.3 Å². The molecule has 1 aromatic heterocycles. The molecule has 0 radical (unpaired) electrons. The van der Waals surface area contributed by atoms with Crippen molar-refractivity contribution in [1.29, 1.82) is 0 Å². The number of methoxy groups -OCH3 is 1. The highest BCUT2D eigenvalue weighted by Gasteiger charge is 2.21. The van der Waals surface area contributed by atoms with Gasteiger partial charge in [-0.3, -0.25) is 4.79 Å². The Morgan fingerprint density at radius 3 is 2.48 bits per heavy atom. The topological polar surface area (TPSA) is 77.6 Å². The van der Waals surface area contributed by atoms with Crippen molar-refractivity contribution in [2.75, 3.05) is 20.3 Å². The van der Waals surface area contributed by atoms with Gasteiger partial charge in [0.25, 0.3) is 0 Å². The maximum atomic E-state index is 12.7. The minimum absolute atomic E-state index is 0.190. The number of aromatic amines is 1. The van der Waals surface area contributed by atoms with Crippen molar-refractivity contribution in [3.05, 3.63) is 52.4 Å². The Bertz CT molecular complexity index is 864. The third-order valence-electron chi connectivity index (χ3n) is 4.08. The first-order valence-corrected chi connectivity index (χ1v) is 8.82. The van der Waals surface area contributed by atoms with Crippen molar-refractivity contribution in [2.45, 2.75) is 27.7 Å². The number of aromatic nitrogens is 1. The fourth-order valence-electron chi connectivity index (χ4n) is 2.84. The zero-order chi connectivity index (χ0) is 20.0. The second kappa shape index (κ2) is 9.07. The zero-order valence-corrected chi connectivity index (χ0v) is 16.3. The number of aryl methyl sites for hydroxylation is 1. The van der Waals surface area contributed by atoms with Gasteiger partial charge in [-0.1, -0.05) is 12.1 Å². The number of nitrogens with one attached hydrogen (secondary N) is 1. The summed E-state index contributed by atoms with van der Waals surface area (Å²) in [5.41, 5.74) is 2.82. The minimum atomic E-state index is -0.461. The Hall–Kier alpha value is -3.02. The number of allylic oxidation sites excluding steroid dienone is 1. The van der Waals surface area contributed by atoms with E-state index in [1.54, 1.807) is 46.1 Å². The smallest absolute Gasteiger partial charge is 0.355 e. The summed E-state index contributed by atoms with van der Waals surface area (Å²) >= 11 is 0. The van der Waals surface area contributed by atoms with Gasteiger partial charge in [0.2, 0.25) is 0 Å². The number of hydrogen-bond acceptors (Lipinski definition) is 5. The normalized spacial score (nSPS) is 10.9. The van der Waals surface area contributed by atoms with Crippen LogP contribution in [0.5, 0.6) is 11.5 Å². The largest absolute Gasteiger partial charge is 0.493 e. The van der Waals surface area contributed by atoms with Crippen molar-refractivity contribution in [3.8, 4) is 11.5 Å². The van der Waals surface area contributed by atoms with E-state index in [-0.39, 0.29) is 12.4 Å². The summed E-state index contributed by atoms with van der Waals surface area (Å²) in [6, 6.07) is 5.45. The Morgan fingerprint density at radius 1 is 1.11 bits per heavy atom. The molecule has 0 aliphatic rings. The molecule has 1 N–H and O–H groups in total. The molecule has 0 unspecified atom stereocenters. The Morgan fingerprint density at radius 2 is 1.85 bits per heavy atom. The molecule has 0 saturated carbocycles. The van der Waals surface area contributed by atoms with E-state index in [0.717, 1.165) is 5.56 Å². The first kappa shape index (κ1) is 20.3. The average molecular weight is 371 g/mol. The first-order valence-electron chi connectivity index (χ1n) is 8.82. The van der Waals surface area contributed by atoms with Gasteiger partial charge in [0.1, 0.15) is 5.69 Å². The van der Waals surface area contributed by atoms with Gasteiger partial charge in [-0.2, -0.15) is 0 Å². The summed E-state index contributed by atoms with van der Waals surface area (Å²) in [6.45, 7) is 7.95. The molecule has 0 aliphatic carbocycles. The van der Waals surface area contributed by atoms with Crippen LogP contribution in [0.15, 0.2) is 24.3 Å². The van der Waals surface area contributed by atoms with Crippen molar-refractivity contribution < 1.29 is 23.8 Å². The van der Waals surface area contributed by atoms with E-state index in [9.17, 15) is 9.59 Å². The highest BCUT2D eigenvalue weighted by atomic mass is 16.5. The highest BCUT2D eigenvalue weighted by molar-refractivity contribution is 6.10. The summed E-state index contributed by atoms with van der Waals surface area (Å²) in [5.74, 6) is 0.604. The van der Waals surface area contributed by atoms with E-state index < -0.39 is 5.97 Å². The van der Waals surface area contributed by atoms with Crippen LogP contribution in [0, 0.1) is 13.8 Å². The third-order valence-corrected chi connectivity index (χ3v) is 4.08. The van der Waals surface area contributed by atoms with E-state index in [0.29, 0.717) is 40.6 Å². The van der Waals surface area contributed by atoms with Crippen LogP contribution in [0.25, 0.3) is 6.08 Å². The van der Waals surface area contributed by atoms with Gasteiger partial charge < -0.3 is 19.2 Å². The summed E-state index contributed by atoms with van der Waals surface area (Å²) in [4.78, 5) is 27.6. The molecule has 27 heavy (non-hydrogen) atoms. The van der Waals surface area contributed by atoms with Crippen LogP contribution in [-0.4, -0.2) is 37.1 Å². The molecule has 0 fully saturated rings. The number of rotatable bonds is 8. The number of H-pyrrole nitrogens is 1. The lowest BCUT2D eigenvalue weighted by atomic mass is 10.0. The van der Waals surface area contributed by atoms with Crippen molar-refractivity contribution in [2.24, 2.45) is 0 Å². The van der Waals surface area contributed by atoms with Crippen molar-refractivity contribution in [1.82, 2.24) is 4.98 Å². The van der Waals surface area contributed by atoms with Crippen LogP contribution in [0.1, 0.15) is 51.5 Å². The lowest BCUT2D eigenvalue weighted by molar-refractivity contribution is 0.0519. The highest BCUT2D eigenvalue weighted by Crippen LogP contribution is 2.28. The van der Waals surface area contributed by atoms with E-state index in [1.165, 1.54) is 6.08 Å². The fourth-order valence-corrected chi connectivity index (χ4v) is 2.84. The van der Waals surface area contributed by atoms with Crippen molar-refractivity contribution >= 4 is 17.8 Å². The second-order valence-electron chi connectivity index (χ2n) is 5.89. The molecule has 1 heterocycles. The van der Waals surface area contributed by atoms with E-state index >= 15 is 0 Å². The number of ketones is 1. The summed E-state index contributed by atoms with van der Waals surface area (Å²) in [7, 11) is 1.57. The predicted octanol–water partition coefficient (Wildman–Crippen LogP) is 4.11. The number of carbonyl (C=O) groups is 2. The number of esters is 1. The van der Waals surface area contributed by atoms with Crippen LogP contribution in [-0.2, 0) is 4.74 Å². The van der Waals surface area contributed by atoms with Crippen LogP contribution < -0.4 is 9.47 Å². The molecule has 0 atom stereocenters. The maximum Gasteiger partial charge on any atom is 0.355 e. The van der Waals surface area contributed by atoms with Crippen LogP contribution in [0.3, 0.4) is 0 Å². The molecular weight excluding hydrogens is 346 g/mol. The SMILES string of the molecule is CCOC(=O)c1[nH]c(C)c(C(=O)/C=C/c2ccc(OCC)c(OC)c2)c1C. The van der Waals surface area contributed by atoms with Gasteiger partial charge in [-0.05, 0) is 57.0 Å². The molecule has 0 amide bonds. The van der Waals surface area contributed by atoms with Crippen LogP contribution in [0.2, 0.25) is 0 Å². The Balaban J connectivity index is 2.26. The van der Waals surface area contributed by atoms with E-state index in [1.807, 2.05) is 13.0 Å². The molecule has 6 heteroatoms. The average Bonchev–Trinajstić information content (AvgIpc) is 2.95. The standard InChI is InChI=1S/C21H25NO5/c1-6-26-17-11-9-15(12-18(17)25-5)8-10-16(23)19-13(3)20(22-14(19)4)21(24)27-7-2/h8-12,22H,6-7H2,1-5H3/b10-8+. The lowest BCUT2D eigenvalue weighted by Gasteiger charge is -2.09. The Labute approximate surface area is 159 Å². The predicted molar refractivity (Wildman–Crippen MR) is 104 cm³/mol. The molecule has 0 spiro atoms. The van der Waals surface area contributed by atoms with Gasteiger partial charge in [-0.25, -0.2) is 4.79 Å². The van der Waals surface area contributed by atoms with Gasteiger partial charge >= 0.3 is 5.97 Å². The van der Waals surface area contributed by atoms with Gasteiger partial charge in [0.05, 0.1) is 20.3 Å². The molecule has 0 bridgehead atoms. The molecule has 1 aromatic carbocycles. The lowest BCUT2D eigenvalue weighted by Crippen LogP contribution is -2.07. The number of carbonyl (C=O) groups excluding carboxylic acids is 2. The molecule has 0 saturated heterocycles. The zero-order valence-electron chi connectivity index (χ0n) is 16.3. The summed E-state index contributed by atoms with van der Waals surface area (Å²) in [5, 5.41) is 0. The molecule has 2 aromatic rings. The molecule has 0 aliphatic heterocycles. The van der Waals surface area contributed by atoms with E-state index in [2.05, 4.69) is 4.98 Å². The monoisotopic (exact) mass is 371 g/mol. The fraction of sp³-hybridized carbons (Fsp3) is 0.333.